The first-order chi connectivity index (χ1) is 13.1. The molecule has 1 fully saturated rings. The van der Waals surface area contributed by atoms with Crippen LogP contribution in [0.4, 0.5) is 11.4 Å². The summed E-state index contributed by atoms with van der Waals surface area (Å²) in [5.74, 6) is -0.295. The fourth-order valence-corrected chi connectivity index (χ4v) is 3.31. The Bertz CT molecular complexity index is 897. The van der Waals surface area contributed by atoms with Gasteiger partial charge in [-0.2, -0.15) is 0 Å². The number of anilines is 2. The Labute approximate surface area is 156 Å². The van der Waals surface area contributed by atoms with E-state index in [1.54, 1.807) is 23.1 Å². The zero-order valence-corrected chi connectivity index (χ0v) is 14.6. The number of rotatable bonds is 4. The van der Waals surface area contributed by atoms with Gasteiger partial charge in [0.1, 0.15) is 5.75 Å². The second-order valence-electron chi connectivity index (χ2n) is 6.70. The fourth-order valence-electron chi connectivity index (χ4n) is 3.31. The molecular weight excluding hydrogens is 346 g/mol. The van der Waals surface area contributed by atoms with Crippen LogP contribution in [0.15, 0.2) is 48.5 Å². The summed E-state index contributed by atoms with van der Waals surface area (Å²) in [5, 5.41) is 5.54. The van der Waals surface area contributed by atoms with Crippen LogP contribution in [-0.2, 0) is 20.9 Å². The van der Waals surface area contributed by atoms with Gasteiger partial charge in [0.2, 0.25) is 11.8 Å². The molecule has 7 heteroatoms. The van der Waals surface area contributed by atoms with Crippen LogP contribution in [0.2, 0.25) is 0 Å². The molecule has 7 nitrogen and oxygen atoms in total. The van der Waals surface area contributed by atoms with Crippen LogP contribution in [0.1, 0.15) is 12.0 Å². The van der Waals surface area contributed by atoms with Gasteiger partial charge in [0, 0.05) is 25.2 Å². The van der Waals surface area contributed by atoms with Gasteiger partial charge in [0.25, 0.3) is 5.91 Å². The number of carbonyl (C=O) groups is 3. The molecule has 27 heavy (non-hydrogen) atoms. The zero-order chi connectivity index (χ0) is 18.8. The van der Waals surface area contributed by atoms with Gasteiger partial charge in [-0.15, -0.1) is 0 Å². The molecule has 1 saturated heterocycles. The minimum absolute atomic E-state index is 0.0137. The molecule has 4 rings (SSSR count). The van der Waals surface area contributed by atoms with Crippen LogP contribution >= 0.6 is 0 Å². The molecule has 138 valence electrons. The minimum Gasteiger partial charge on any atom is -0.482 e. The molecular formula is C20H19N3O4. The van der Waals surface area contributed by atoms with Crippen molar-refractivity contribution < 1.29 is 19.1 Å². The summed E-state index contributed by atoms with van der Waals surface area (Å²) in [5.41, 5.74) is 2.12. The zero-order valence-electron chi connectivity index (χ0n) is 14.6. The SMILES string of the molecule is O=C1COc2ccc(NC(=O)C3CC(=O)N(Cc4ccccc4)C3)cc2N1. The van der Waals surface area contributed by atoms with Gasteiger partial charge in [0.15, 0.2) is 6.61 Å². The van der Waals surface area contributed by atoms with E-state index in [1.165, 1.54) is 0 Å². The van der Waals surface area contributed by atoms with Crippen LogP contribution < -0.4 is 15.4 Å². The average Bonchev–Trinajstić information content (AvgIpc) is 3.03. The molecule has 1 unspecified atom stereocenters. The predicted molar refractivity (Wildman–Crippen MR) is 99.2 cm³/mol. The largest absolute Gasteiger partial charge is 0.482 e. The summed E-state index contributed by atoms with van der Waals surface area (Å²) in [6.45, 7) is 0.885. The molecule has 2 N–H and O–H groups in total. The van der Waals surface area contributed by atoms with E-state index in [9.17, 15) is 14.4 Å². The molecule has 0 spiro atoms. The van der Waals surface area contributed by atoms with Gasteiger partial charge >= 0.3 is 0 Å². The average molecular weight is 365 g/mol. The predicted octanol–water partition coefficient (Wildman–Crippen LogP) is 2.00. The topological polar surface area (TPSA) is 87.7 Å². The maximum atomic E-state index is 12.6. The normalized spacial score (nSPS) is 18.5. The highest BCUT2D eigenvalue weighted by Gasteiger charge is 2.34. The maximum Gasteiger partial charge on any atom is 0.262 e. The Kier molecular flexibility index (Phi) is 4.50. The number of likely N-dealkylation sites (tertiary alicyclic amines) is 1. The van der Waals surface area contributed by atoms with Crippen molar-refractivity contribution in [2.24, 2.45) is 5.92 Å². The first-order valence-corrected chi connectivity index (χ1v) is 8.78. The van der Waals surface area contributed by atoms with Gasteiger partial charge < -0.3 is 20.3 Å². The van der Waals surface area contributed by atoms with Crippen LogP contribution in [0.25, 0.3) is 0 Å². The fraction of sp³-hybridized carbons (Fsp3) is 0.250. The molecule has 2 aromatic carbocycles. The van der Waals surface area contributed by atoms with Crippen molar-refractivity contribution in [2.75, 3.05) is 23.8 Å². The summed E-state index contributed by atoms with van der Waals surface area (Å²) in [7, 11) is 0. The quantitative estimate of drug-likeness (QED) is 0.868. The summed E-state index contributed by atoms with van der Waals surface area (Å²) < 4.78 is 5.30. The number of hydrogen-bond donors (Lipinski definition) is 2. The van der Waals surface area contributed by atoms with Crippen molar-refractivity contribution in [2.45, 2.75) is 13.0 Å². The first-order valence-electron chi connectivity index (χ1n) is 8.78. The van der Waals surface area contributed by atoms with E-state index in [2.05, 4.69) is 10.6 Å². The standard InChI is InChI=1S/C20H19N3O4/c24-18-12-27-17-7-6-15(9-16(17)22-18)21-20(26)14-8-19(25)23(11-14)10-13-4-2-1-3-5-13/h1-7,9,14H,8,10-12H2,(H,21,26)(H,22,24). The number of hydrogen-bond acceptors (Lipinski definition) is 4. The first kappa shape index (κ1) is 17.1. The maximum absolute atomic E-state index is 12.6. The number of nitrogens with zero attached hydrogens (tertiary/aromatic N) is 1. The lowest BCUT2D eigenvalue weighted by Crippen LogP contribution is -2.28. The molecule has 0 radical (unpaired) electrons. The lowest BCUT2D eigenvalue weighted by molar-refractivity contribution is -0.128. The van der Waals surface area contributed by atoms with E-state index in [0.717, 1.165) is 5.56 Å². The third kappa shape index (κ3) is 3.76. The van der Waals surface area contributed by atoms with Crippen molar-refractivity contribution in [3.05, 3.63) is 54.1 Å². The second-order valence-corrected chi connectivity index (χ2v) is 6.70. The van der Waals surface area contributed by atoms with E-state index in [-0.39, 0.29) is 30.7 Å². The molecule has 0 aromatic heterocycles. The van der Waals surface area contributed by atoms with E-state index in [1.807, 2.05) is 30.3 Å². The molecule has 0 saturated carbocycles. The number of ether oxygens (including phenoxy) is 1. The Morgan fingerprint density at radius 2 is 2.00 bits per heavy atom. The Balaban J connectivity index is 1.40. The third-order valence-electron chi connectivity index (χ3n) is 4.68. The van der Waals surface area contributed by atoms with Crippen LogP contribution in [0.5, 0.6) is 5.75 Å². The third-order valence-corrected chi connectivity index (χ3v) is 4.68. The molecule has 0 aliphatic carbocycles. The Hall–Kier alpha value is -3.35. The summed E-state index contributed by atoms with van der Waals surface area (Å²) in [4.78, 5) is 38.0. The molecule has 0 bridgehead atoms. The summed E-state index contributed by atoms with van der Waals surface area (Å²) >= 11 is 0. The number of fused-ring (bicyclic) bond motifs is 1. The number of nitrogens with one attached hydrogen (secondary N) is 2. The highest BCUT2D eigenvalue weighted by molar-refractivity contribution is 5.99. The minimum atomic E-state index is -0.400. The second kappa shape index (κ2) is 7.11. The molecule has 2 aliphatic heterocycles. The molecule has 2 heterocycles. The van der Waals surface area contributed by atoms with Gasteiger partial charge in [-0.1, -0.05) is 30.3 Å². The van der Waals surface area contributed by atoms with Crippen molar-refractivity contribution >= 4 is 29.1 Å². The van der Waals surface area contributed by atoms with Gasteiger partial charge in [0.05, 0.1) is 11.6 Å². The van der Waals surface area contributed by atoms with E-state index < -0.39 is 5.92 Å². The molecule has 3 amide bonds. The lowest BCUT2D eigenvalue weighted by Gasteiger charge is -2.19. The monoisotopic (exact) mass is 365 g/mol. The van der Waals surface area contributed by atoms with Crippen LogP contribution in [0.3, 0.4) is 0 Å². The summed E-state index contributed by atoms with van der Waals surface area (Å²) in [6.07, 6.45) is 0.198. The number of carbonyl (C=O) groups excluding carboxylic acids is 3. The Morgan fingerprint density at radius 1 is 1.19 bits per heavy atom. The molecule has 2 aromatic rings. The van der Waals surface area contributed by atoms with Gasteiger partial charge in [-0.25, -0.2) is 0 Å². The van der Waals surface area contributed by atoms with Gasteiger partial charge in [-0.3, -0.25) is 14.4 Å². The number of amides is 3. The number of benzene rings is 2. The van der Waals surface area contributed by atoms with Crippen molar-refractivity contribution in [3.8, 4) is 5.75 Å². The smallest absolute Gasteiger partial charge is 0.262 e. The van der Waals surface area contributed by atoms with E-state index in [0.29, 0.717) is 30.2 Å². The van der Waals surface area contributed by atoms with Crippen LogP contribution in [0, 0.1) is 5.92 Å². The highest BCUT2D eigenvalue weighted by Crippen LogP contribution is 2.31. The van der Waals surface area contributed by atoms with E-state index >= 15 is 0 Å². The van der Waals surface area contributed by atoms with Gasteiger partial charge in [-0.05, 0) is 23.8 Å². The summed E-state index contributed by atoms with van der Waals surface area (Å²) in [6, 6.07) is 14.8. The molecule has 2 aliphatic rings. The van der Waals surface area contributed by atoms with Crippen molar-refractivity contribution in [3.63, 3.8) is 0 Å². The van der Waals surface area contributed by atoms with Crippen LogP contribution in [-0.4, -0.2) is 35.8 Å². The lowest BCUT2D eigenvalue weighted by atomic mass is 10.1. The van der Waals surface area contributed by atoms with Crippen molar-refractivity contribution in [1.29, 1.82) is 0 Å². The highest BCUT2D eigenvalue weighted by atomic mass is 16.5. The molecule has 1 atom stereocenters. The van der Waals surface area contributed by atoms with Crippen molar-refractivity contribution in [1.82, 2.24) is 4.90 Å². The Morgan fingerprint density at radius 3 is 2.81 bits per heavy atom. The van der Waals surface area contributed by atoms with E-state index in [4.69, 9.17) is 4.74 Å².